The molecule has 1 rings (SSSR count). The zero-order valence-corrected chi connectivity index (χ0v) is 11.8. The fourth-order valence-corrected chi connectivity index (χ4v) is 2.23. The summed E-state index contributed by atoms with van der Waals surface area (Å²) in [6.07, 6.45) is 3.81. The normalized spacial score (nSPS) is 19.3. The quantitative estimate of drug-likeness (QED) is 0.686. The van der Waals surface area contributed by atoms with Crippen LogP contribution < -0.4 is 10.6 Å². The maximum Gasteiger partial charge on any atom is 0.315 e. The van der Waals surface area contributed by atoms with Gasteiger partial charge in [0, 0.05) is 12.1 Å². The van der Waals surface area contributed by atoms with E-state index in [0.717, 1.165) is 13.1 Å². The summed E-state index contributed by atoms with van der Waals surface area (Å²) >= 11 is 0. The van der Waals surface area contributed by atoms with E-state index < -0.39 is 0 Å². The van der Waals surface area contributed by atoms with Crippen LogP contribution in [0.15, 0.2) is 0 Å². The molecule has 0 aliphatic carbocycles. The van der Waals surface area contributed by atoms with Gasteiger partial charge in [0.15, 0.2) is 0 Å². The average Bonchev–Trinajstić information content (AvgIpc) is 2.37. The Kier molecular flexibility index (Phi) is 5.88. The fraction of sp³-hybridized carbons (Fsp3) is 0.923. The van der Waals surface area contributed by atoms with Crippen LogP contribution in [0.3, 0.4) is 0 Å². The van der Waals surface area contributed by atoms with Gasteiger partial charge in [-0.2, -0.15) is 0 Å². The molecule has 0 spiro atoms. The molecule has 5 heteroatoms. The maximum absolute atomic E-state index is 11.6. The van der Waals surface area contributed by atoms with Gasteiger partial charge >= 0.3 is 6.03 Å². The van der Waals surface area contributed by atoms with Gasteiger partial charge in [-0.05, 0) is 46.7 Å². The molecule has 18 heavy (non-hydrogen) atoms. The molecule has 0 aromatic carbocycles. The predicted octanol–water partition coefficient (Wildman–Crippen LogP) is 0.931. The molecular weight excluding hydrogens is 230 g/mol. The largest absolute Gasteiger partial charge is 0.394 e. The molecule has 1 atom stereocenters. The standard InChI is InChI=1S/C13H27N3O2/c1-11(9-17)15-12(18)14-10-13(2,3)16-7-5-4-6-8-16/h11,17H,4-10H2,1-3H3,(H2,14,15,18). The molecule has 0 radical (unpaired) electrons. The van der Waals surface area contributed by atoms with E-state index in [0.29, 0.717) is 6.54 Å². The highest BCUT2D eigenvalue weighted by Gasteiger charge is 2.28. The van der Waals surface area contributed by atoms with Crippen molar-refractivity contribution in [1.29, 1.82) is 0 Å². The van der Waals surface area contributed by atoms with Gasteiger partial charge in [-0.25, -0.2) is 4.79 Å². The Morgan fingerprint density at radius 2 is 1.94 bits per heavy atom. The number of carbonyl (C=O) groups excluding carboxylic acids is 1. The van der Waals surface area contributed by atoms with Crippen LogP contribution in [0.2, 0.25) is 0 Å². The first-order valence-electron chi connectivity index (χ1n) is 6.86. The van der Waals surface area contributed by atoms with Gasteiger partial charge in [-0.3, -0.25) is 4.90 Å². The third-order valence-corrected chi connectivity index (χ3v) is 3.55. The van der Waals surface area contributed by atoms with Gasteiger partial charge in [0.05, 0.1) is 12.6 Å². The van der Waals surface area contributed by atoms with Gasteiger partial charge in [0.1, 0.15) is 0 Å². The Morgan fingerprint density at radius 1 is 1.33 bits per heavy atom. The molecule has 0 saturated carbocycles. The van der Waals surface area contributed by atoms with Crippen molar-refractivity contribution in [2.45, 2.75) is 51.6 Å². The third kappa shape index (κ3) is 4.82. The summed E-state index contributed by atoms with van der Waals surface area (Å²) < 4.78 is 0. The smallest absolute Gasteiger partial charge is 0.315 e. The number of piperidine rings is 1. The van der Waals surface area contributed by atoms with Crippen LogP contribution in [-0.2, 0) is 0 Å². The lowest BCUT2D eigenvalue weighted by atomic mass is 9.98. The van der Waals surface area contributed by atoms with Crippen LogP contribution in [0.4, 0.5) is 4.79 Å². The second-order valence-electron chi connectivity index (χ2n) is 5.77. The first-order chi connectivity index (χ1) is 8.45. The van der Waals surface area contributed by atoms with E-state index in [-0.39, 0.29) is 24.2 Å². The monoisotopic (exact) mass is 257 g/mol. The van der Waals surface area contributed by atoms with Crippen LogP contribution in [0, 0.1) is 0 Å². The number of nitrogens with zero attached hydrogens (tertiary/aromatic N) is 1. The molecule has 1 aliphatic heterocycles. The lowest BCUT2D eigenvalue weighted by Crippen LogP contribution is -2.55. The predicted molar refractivity (Wildman–Crippen MR) is 72.6 cm³/mol. The van der Waals surface area contributed by atoms with Crippen LogP contribution in [0.1, 0.15) is 40.0 Å². The minimum Gasteiger partial charge on any atom is -0.394 e. The van der Waals surface area contributed by atoms with Crippen molar-refractivity contribution in [2.75, 3.05) is 26.2 Å². The van der Waals surface area contributed by atoms with E-state index in [1.54, 1.807) is 6.92 Å². The summed E-state index contributed by atoms with van der Waals surface area (Å²) in [7, 11) is 0. The minimum absolute atomic E-state index is 0.0137. The second kappa shape index (κ2) is 6.95. The van der Waals surface area contributed by atoms with Gasteiger partial charge in [0.2, 0.25) is 0 Å². The molecule has 5 nitrogen and oxygen atoms in total. The molecule has 1 fully saturated rings. The van der Waals surface area contributed by atoms with Crippen LogP contribution in [0.25, 0.3) is 0 Å². The van der Waals surface area contributed by atoms with Crippen molar-refractivity contribution in [3.8, 4) is 0 Å². The highest BCUT2D eigenvalue weighted by molar-refractivity contribution is 5.74. The van der Waals surface area contributed by atoms with Crippen LogP contribution in [0.5, 0.6) is 0 Å². The van der Waals surface area contributed by atoms with E-state index in [1.807, 2.05) is 0 Å². The van der Waals surface area contributed by atoms with Crippen molar-refractivity contribution in [2.24, 2.45) is 0 Å². The number of rotatable bonds is 5. The molecule has 1 saturated heterocycles. The molecular formula is C13H27N3O2. The second-order valence-corrected chi connectivity index (χ2v) is 5.77. The summed E-state index contributed by atoms with van der Waals surface area (Å²) in [5.41, 5.74) is -0.0137. The fourth-order valence-electron chi connectivity index (χ4n) is 2.23. The number of amides is 2. The molecule has 3 N–H and O–H groups in total. The number of urea groups is 1. The van der Waals surface area contributed by atoms with Gasteiger partial charge in [-0.1, -0.05) is 6.42 Å². The summed E-state index contributed by atoms with van der Waals surface area (Å²) in [6.45, 7) is 8.91. The molecule has 106 valence electrons. The number of hydrogen-bond donors (Lipinski definition) is 3. The Balaban J connectivity index is 2.33. The van der Waals surface area contributed by atoms with E-state index in [4.69, 9.17) is 5.11 Å². The van der Waals surface area contributed by atoms with Crippen molar-refractivity contribution in [3.05, 3.63) is 0 Å². The highest BCUT2D eigenvalue weighted by Crippen LogP contribution is 2.19. The topological polar surface area (TPSA) is 64.6 Å². The molecule has 1 unspecified atom stereocenters. The summed E-state index contributed by atoms with van der Waals surface area (Å²) in [5.74, 6) is 0. The number of likely N-dealkylation sites (tertiary alicyclic amines) is 1. The van der Waals surface area contributed by atoms with Gasteiger partial charge in [-0.15, -0.1) is 0 Å². The number of hydrogen-bond acceptors (Lipinski definition) is 3. The lowest BCUT2D eigenvalue weighted by Gasteiger charge is -2.41. The Bertz CT molecular complexity index is 263. The molecule has 0 aromatic heterocycles. The van der Waals surface area contributed by atoms with Crippen molar-refractivity contribution >= 4 is 6.03 Å². The Hall–Kier alpha value is -0.810. The first kappa shape index (κ1) is 15.2. The summed E-state index contributed by atoms with van der Waals surface area (Å²) in [5, 5.41) is 14.4. The Morgan fingerprint density at radius 3 is 2.50 bits per heavy atom. The van der Waals surface area contributed by atoms with Gasteiger partial charge < -0.3 is 15.7 Å². The highest BCUT2D eigenvalue weighted by atomic mass is 16.3. The molecule has 2 amide bonds. The van der Waals surface area contributed by atoms with Crippen molar-refractivity contribution in [3.63, 3.8) is 0 Å². The summed E-state index contributed by atoms with van der Waals surface area (Å²) in [4.78, 5) is 14.0. The van der Waals surface area contributed by atoms with Crippen LogP contribution >= 0.6 is 0 Å². The minimum atomic E-state index is -0.207. The third-order valence-electron chi connectivity index (χ3n) is 3.55. The van der Waals surface area contributed by atoms with E-state index in [9.17, 15) is 4.79 Å². The molecule has 1 aliphatic rings. The first-order valence-corrected chi connectivity index (χ1v) is 6.86. The lowest BCUT2D eigenvalue weighted by molar-refractivity contribution is 0.0957. The van der Waals surface area contributed by atoms with Crippen molar-refractivity contribution in [1.82, 2.24) is 15.5 Å². The number of aliphatic hydroxyl groups excluding tert-OH is 1. The van der Waals surface area contributed by atoms with Crippen molar-refractivity contribution < 1.29 is 9.90 Å². The average molecular weight is 257 g/mol. The van der Waals surface area contributed by atoms with E-state index in [1.165, 1.54) is 19.3 Å². The van der Waals surface area contributed by atoms with E-state index >= 15 is 0 Å². The number of nitrogens with one attached hydrogen (secondary N) is 2. The van der Waals surface area contributed by atoms with Crippen LogP contribution in [-0.4, -0.2) is 53.9 Å². The number of aliphatic hydroxyl groups is 1. The zero-order chi connectivity index (χ0) is 13.6. The van der Waals surface area contributed by atoms with Gasteiger partial charge in [0.25, 0.3) is 0 Å². The SMILES string of the molecule is CC(CO)NC(=O)NCC(C)(C)N1CCCCC1. The maximum atomic E-state index is 11.6. The van der Waals surface area contributed by atoms with E-state index in [2.05, 4.69) is 29.4 Å². The summed E-state index contributed by atoms with van der Waals surface area (Å²) in [6, 6.07) is -0.412. The Labute approximate surface area is 110 Å². The molecule has 0 aromatic rings. The zero-order valence-electron chi connectivity index (χ0n) is 11.8. The molecule has 0 bridgehead atoms. The molecule has 1 heterocycles. The number of carbonyl (C=O) groups is 1.